The lowest BCUT2D eigenvalue weighted by molar-refractivity contribution is 0.590. The zero-order chi connectivity index (χ0) is 19.7. The van der Waals surface area contributed by atoms with Crippen LogP contribution in [0.2, 0.25) is 0 Å². The molecule has 5 nitrogen and oxygen atoms in total. The van der Waals surface area contributed by atoms with E-state index in [-0.39, 0.29) is 17.2 Å². The monoisotopic (exact) mass is 421 g/mol. The Kier molecular flexibility index (Phi) is 5.56. The molecule has 0 aliphatic heterocycles. The first-order valence-corrected chi connectivity index (χ1v) is 9.37. The van der Waals surface area contributed by atoms with Gasteiger partial charge in [-0.2, -0.15) is 9.97 Å². The maximum Gasteiger partial charge on any atom is 0.250 e. The third-order valence-corrected chi connectivity index (χ3v) is 4.34. The van der Waals surface area contributed by atoms with Crippen LogP contribution < -0.4 is 5.32 Å². The number of benzene rings is 1. The van der Waals surface area contributed by atoms with Gasteiger partial charge >= 0.3 is 0 Å². The van der Waals surface area contributed by atoms with Gasteiger partial charge in [0.1, 0.15) is 0 Å². The van der Waals surface area contributed by atoms with Gasteiger partial charge in [0.2, 0.25) is 9.74 Å². The van der Waals surface area contributed by atoms with Gasteiger partial charge in [0.15, 0.2) is 11.6 Å². The number of alkyl halides is 3. The third kappa shape index (κ3) is 5.06. The molecule has 0 aliphatic rings. The molecule has 3 aromatic rings. The molecule has 27 heavy (non-hydrogen) atoms. The summed E-state index contributed by atoms with van der Waals surface area (Å²) in [5.74, 6) is 0.754. The van der Waals surface area contributed by atoms with E-state index in [1.54, 1.807) is 24.5 Å². The van der Waals surface area contributed by atoms with Gasteiger partial charge in [-0.1, -0.05) is 79.8 Å². The van der Waals surface area contributed by atoms with Gasteiger partial charge in [0.25, 0.3) is 0 Å². The highest BCUT2D eigenvalue weighted by atomic mass is 35.6. The van der Waals surface area contributed by atoms with E-state index in [0.29, 0.717) is 5.82 Å². The Morgan fingerprint density at radius 3 is 2.00 bits per heavy atom. The van der Waals surface area contributed by atoms with Crippen LogP contribution in [-0.4, -0.2) is 19.9 Å². The van der Waals surface area contributed by atoms with E-state index in [4.69, 9.17) is 34.8 Å². The highest BCUT2D eigenvalue weighted by molar-refractivity contribution is 6.66. The van der Waals surface area contributed by atoms with E-state index in [0.717, 1.165) is 11.3 Å². The van der Waals surface area contributed by atoms with Crippen LogP contribution in [0.25, 0.3) is 11.4 Å². The predicted molar refractivity (Wildman–Crippen MR) is 111 cm³/mol. The quantitative estimate of drug-likeness (QED) is 0.540. The summed E-state index contributed by atoms with van der Waals surface area (Å²) in [6, 6.07) is 11.6. The molecule has 0 spiro atoms. The molecule has 0 fully saturated rings. The molecule has 0 aliphatic carbocycles. The van der Waals surface area contributed by atoms with Gasteiger partial charge < -0.3 is 5.32 Å². The van der Waals surface area contributed by atoms with Crippen LogP contribution in [0, 0.1) is 0 Å². The van der Waals surface area contributed by atoms with Crippen LogP contribution in [0.15, 0.2) is 48.8 Å². The molecule has 8 heteroatoms. The molecule has 0 saturated heterocycles. The molecule has 1 aromatic carbocycles. The van der Waals surface area contributed by atoms with Crippen molar-refractivity contribution in [2.24, 2.45) is 0 Å². The summed E-state index contributed by atoms with van der Waals surface area (Å²) >= 11 is 18.1. The second kappa shape index (κ2) is 7.58. The number of pyridine rings is 1. The first-order chi connectivity index (χ1) is 12.6. The predicted octanol–water partition coefficient (Wildman–Crippen LogP) is 5.80. The lowest BCUT2D eigenvalue weighted by Crippen LogP contribution is -2.13. The molecule has 0 bridgehead atoms. The first-order valence-electron chi connectivity index (χ1n) is 8.24. The highest BCUT2D eigenvalue weighted by Crippen LogP contribution is 2.37. The molecule has 2 heterocycles. The van der Waals surface area contributed by atoms with Crippen molar-refractivity contribution in [3.05, 3.63) is 60.2 Å². The van der Waals surface area contributed by atoms with E-state index in [9.17, 15) is 0 Å². The largest absolute Gasteiger partial charge is 0.324 e. The second-order valence-electron chi connectivity index (χ2n) is 6.99. The van der Waals surface area contributed by atoms with Gasteiger partial charge in [0, 0.05) is 23.6 Å². The summed E-state index contributed by atoms with van der Waals surface area (Å²) in [5, 5.41) is 3.08. The summed E-state index contributed by atoms with van der Waals surface area (Å²) in [5.41, 5.74) is 2.82. The van der Waals surface area contributed by atoms with Crippen LogP contribution in [0.5, 0.6) is 0 Å². The zero-order valence-corrected chi connectivity index (χ0v) is 17.3. The first kappa shape index (κ1) is 19.8. The molecule has 0 atom stereocenters. The topological polar surface area (TPSA) is 63.6 Å². The Morgan fingerprint density at radius 1 is 0.815 bits per heavy atom. The highest BCUT2D eigenvalue weighted by Gasteiger charge is 2.28. The van der Waals surface area contributed by atoms with Crippen molar-refractivity contribution < 1.29 is 0 Å². The Labute approximate surface area is 173 Å². The standard InChI is InChI=1S/C19H18Cl3N5/c1-18(2,3)13-6-4-12(5-7-13)15-25-16(19(20,21)22)27-17(26-15)24-14-8-10-23-11-9-14/h4-11H,1-3H3,(H,23,24,25,26,27). The molecule has 1 N–H and O–H groups in total. The molecule has 140 valence electrons. The normalized spacial score (nSPS) is 12.1. The number of anilines is 2. The average molecular weight is 423 g/mol. The minimum atomic E-state index is -1.77. The van der Waals surface area contributed by atoms with E-state index in [1.807, 2.05) is 24.3 Å². The van der Waals surface area contributed by atoms with E-state index in [1.165, 1.54) is 5.56 Å². The van der Waals surface area contributed by atoms with Crippen molar-refractivity contribution in [1.82, 2.24) is 19.9 Å². The van der Waals surface area contributed by atoms with Crippen molar-refractivity contribution in [3.8, 4) is 11.4 Å². The van der Waals surface area contributed by atoms with Crippen LogP contribution in [0.4, 0.5) is 11.6 Å². The lowest BCUT2D eigenvalue weighted by Gasteiger charge is -2.19. The van der Waals surface area contributed by atoms with Gasteiger partial charge in [-0.15, -0.1) is 0 Å². The maximum absolute atomic E-state index is 6.02. The second-order valence-corrected chi connectivity index (χ2v) is 9.27. The number of hydrogen-bond acceptors (Lipinski definition) is 5. The molecule has 0 radical (unpaired) electrons. The Balaban J connectivity index is 2.02. The fourth-order valence-corrected chi connectivity index (χ4v) is 2.62. The number of halogens is 3. The van der Waals surface area contributed by atoms with E-state index >= 15 is 0 Å². The summed E-state index contributed by atoms with van der Waals surface area (Å²) in [7, 11) is 0. The summed E-state index contributed by atoms with van der Waals surface area (Å²) in [6.07, 6.45) is 3.32. The summed E-state index contributed by atoms with van der Waals surface area (Å²) < 4.78 is -1.77. The molecular formula is C19H18Cl3N5. The Bertz CT molecular complexity index is 917. The van der Waals surface area contributed by atoms with Crippen LogP contribution >= 0.6 is 34.8 Å². The summed E-state index contributed by atoms with van der Waals surface area (Å²) in [6.45, 7) is 6.47. The van der Waals surface area contributed by atoms with Crippen LogP contribution in [-0.2, 0) is 9.21 Å². The van der Waals surface area contributed by atoms with Crippen molar-refractivity contribution in [2.75, 3.05) is 5.32 Å². The zero-order valence-electron chi connectivity index (χ0n) is 15.0. The van der Waals surface area contributed by atoms with Crippen LogP contribution in [0.1, 0.15) is 32.2 Å². The maximum atomic E-state index is 6.02. The van der Waals surface area contributed by atoms with Gasteiger partial charge in [0.05, 0.1) is 0 Å². The average Bonchev–Trinajstić information content (AvgIpc) is 2.61. The number of rotatable bonds is 3. The van der Waals surface area contributed by atoms with Gasteiger partial charge in [-0.25, -0.2) is 4.98 Å². The van der Waals surface area contributed by atoms with Crippen molar-refractivity contribution in [2.45, 2.75) is 30.0 Å². The molecule has 2 aromatic heterocycles. The van der Waals surface area contributed by atoms with Gasteiger partial charge in [-0.05, 0) is 23.1 Å². The molecule has 3 rings (SSSR count). The number of aromatic nitrogens is 4. The molecule has 0 unspecified atom stereocenters. The summed E-state index contributed by atoms with van der Waals surface area (Å²) in [4.78, 5) is 17.0. The third-order valence-electron chi connectivity index (χ3n) is 3.83. The minimum Gasteiger partial charge on any atom is -0.324 e. The fourth-order valence-electron chi connectivity index (χ4n) is 2.37. The van der Waals surface area contributed by atoms with Crippen molar-refractivity contribution in [3.63, 3.8) is 0 Å². The minimum absolute atomic E-state index is 0.0500. The van der Waals surface area contributed by atoms with Crippen LogP contribution in [0.3, 0.4) is 0 Å². The molecule has 0 saturated carbocycles. The Morgan fingerprint density at radius 2 is 1.44 bits per heavy atom. The van der Waals surface area contributed by atoms with Gasteiger partial charge in [-0.3, -0.25) is 4.98 Å². The van der Waals surface area contributed by atoms with E-state index < -0.39 is 3.79 Å². The number of nitrogens with one attached hydrogen (secondary N) is 1. The van der Waals surface area contributed by atoms with Crippen molar-refractivity contribution >= 4 is 46.4 Å². The smallest absolute Gasteiger partial charge is 0.250 e. The number of nitrogens with zero attached hydrogens (tertiary/aromatic N) is 4. The molecule has 0 amide bonds. The SMILES string of the molecule is CC(C)(C)c1ccc(-c2nc(Nc3ccncc3)nc(C(Cl)(Cl)Cl)n2)cc1. The Hall–Kier alpha value is -1.95. The lowest BCUT2D eigenvalue weighted by atomic mass is 9.87. The van der Waals surface area contributed by atoms with Crippen molar-refractivity contribution in [1.29, 1.82) is 0 Å². The van der Waals surface area contributed by atoms with E-state index in [2.05, 4.69) is 46.0 Å². The molecular weight excluding hydrogens is 405 g/mol. The number of hydrogen-bond donors (Lipinski definition) is 1. The fraction of sp³-hybridized carbons (Fsp3) is 0.263.